The highest BCUT2D eigenvalue weighted by atomic mass is 32.2. The van der Waals surface area contributed by atoms with E-state index < -0.39 is 5.97 Å². The topological polar surface area (TPSA) is 43.8 Å². The fourth-order valence-electron chi connectivity index (χ4n) is 2.49. The summed E-state index contributed by atoms with van der Waals surface area (Å²) in [6.45, 7) is 4.10. The van der Waals surface area contributed by atoms with Crippen molar-refractivity contribution >= 4 is 17.7 Å². The molecule has 0 aromatic carbocycles. The third-order valence-corrected chi connectivity index (χ3v) is 4.62. The highest BCUT2D eigenvalue weighted by molar-refractivity contribution is 7.99. The molecule has 2 aliphatic heterocycles. The van der Waals surface area contributed by atoms with Crippen LogP contribution in [0.15, 0.2) is 0 Å². The Bertz CT molecular complexity index is 236. The molecule has 1 atom stereocenters. The molecule has 2 saturated heterocycles. The second-order valence-corrected chi connectivity index (χ2v) is 5.73. The van der Waals surface area contributed by atoms with Gasteiger partial charge in [-0.3, -0.25) is 14.6 Å². The van der Waals surface area contributed by atoms with E-state index in [0.717, 1.165) is 32.2 Å². The minimum atomic E-state index is -0.707. The minimum absolute atomic E-state index is 0.202. The number of piperazine rings is 1. The van der Waals surface area contributed by atoms with Crippen molar-refractivity contribution in [3.8, 4) is 0 Å². The first-order valence-corrected chi connectivity index (χ1v) is 7.17. The lowest BCUT2D eigenvalue weighted by atomic mass is 10.1. The largest absolute Gasteiger partial charge is 0.480 e. The summed E-state index contributed by atoms with van der Waals surface area (Å²) in [5, 5.41) is 8.72. The number of carboxylic acid groups (broad SMARTS) is 1. The number of aliphatic carboxylic acids is 1. The molecule has 2 aliphatic rings. The molecular weight excluding hydrogens is 224 g/mol. The van der Waals surface area contributed by atoms with Gasteiger partial charge in [0.1, 0.15) is 0 Å². The standard InChI is InChI=1S/C11H20N2O2S/c14-11(15)8-12-3-5-13(6-4-12)10-2-1-7-16-9-10/h10H,1-9H2,(H,14,15). The van der Waals surface area contributed by atoms with E-state index >= 15 is 0 Å². The van der Waals surface area contributed by atoms with Crippen LogP contribution in [0.2, 0.25) is 0 Å². The molecule has 0 radical (unpaired) electrons. The van der Waals surface area contributed by atoms with Crippen LogP contribution >= 0.6 is 11.8 Å². The van der Waals surface area contributed by atoms with Crippen LogP contribution in [0, 0.1) is 0 Å². The number of hydrogen-bond donors (Lipinski definition) is 1. The summed E-state index contributed by atoms with van der Waals surface area (Å²) in [6.07, 6.45) is 2.66. The van der Waals surface area contributed by atoms with Crippen molar-refractivity contribution < 1.29 is 9.90 Å². The van der Waals surface area contributed by atoms with E-state index in [1.807, 2.05) is 4.90 Å². The van der Waals surface area contributed by atoms with Crippen molar-refractivity contribution in [1.82, 2.24) is 9.80 Å². The number of thioether (sulfide) groups is 1. The predicted octanol–water partition coefficient (Wildman–Crippen LogP) is 0.584. The number of carboxylic acids is 1. The third kappa shape index (κ3) is 3.37. The van der Waals surface area contributed by atoms with Crippen LogP contribution in [0.1, 0.15) is 12.8 Å². The average Bonchev–Trinajstić information content (AvgIpc) is 2.30. The van der Waals surface area contributed by atoms with E-state index in [-0.39, 0.29) is 6.54 Å². The van der Waals surface area contributed by atoms with Gasteiger partial charge >= 0.3 is 5.97 Å². The van der Waals surface area contributed by atoms with Gasteiger partial charge in [-0.05, 0) is 18.6 Å². The second kappa shape index (κ2) is 5.89. The van der Waals surface area contributed by atoms with E-state index in [1.165, 1.54) is 24.3 Å². The number of hydrogen-bond acceptors (Lipinski definition) is 4. The summed E-state index contributed by atoms with van der Waals surface area (Å²) in [7, 11) is 0. The normalized spacial score (nSPS) is 29.1. The molecule has 0 spiro atoms. The van der Waals surface area contributed by atoms with Crippen LogP contribution in [0.5, 0.6) is 0 Å². The van der Waals surface area contributed by atoms with Gasteiger partial charge in [-0.1, -0.05) is 0 Å². The molecule has 0 bridgehead atoms. The zero-order valence-electron chi connectivity index (χ0n) is 9.60. The quantitative estimate of drug-likeness (QED) is 0.787. The lowest BCUT2D eigenvalue weighted by Gasteiger charge is -2.40. The highest BCUT2D eigenvalue weighted by Crippen LogP contribution is 2.22. The Hall–Kier alpha value is -0.260. The van der Waals surface area contributed by atoms with Gasteiger partial charge in [-0.2, -0.15) is 11.8 Å². The molecule has 16 heavy (non-hydrogen) atoms. The molecule has 0 aliphatic carbocycles. The predicted molar refractivity (Wildman–Crippen MR) is 66.0 cm³/mol. The third-order valence-electron chi connectivity index (χ3n) is 3.42. The summed E-state index contributed by atoms with van der Waals surface area (Å²) in [4.78, 5) is 15.2. The van der Waals surface area contributed by atoms with Crippen LogP contribution in [-0.2, 0) is 4.79 Å². The average molecular weight is 244 g/mol. The Balaban J connectivity index is 1.73. The fraction of sp³-hybridized carbons (Fsp3) is 0.909. The molecule has 1 N–H and O–H groups in total. The van der Waals surface area contributed by atoms with Gasteiger partial charge in [0, 0.05) is 38.0 Å². The Morgan fingerprint density at radius 2 is 2.06 bits per heavy atom. The van der Waals surface area contributed by atoms with Gasteiger partial charge in [-0.15, -0.1) is 0 Å². The minimum Gasteiger partial charge on any atom is -0.480 e. The van der Waals surface area contributed by atoms with Crippen molar-refractivity contribution in [2.45, 2.75) is 18.9 Å². The summed E-state index contributed by atoms with van der Waals surface area (Å²) >= 11 is 2.06. The fourth-order valence-corrected chi connectivity index (χ4v) is 3.68. The monoisotopic (exact) mass is 244 g/mol. The second-order valence-electron chi connectivity index (χ2n) is 4.58. The van der Waals surface area contributed by atoms with Crippen LogP contribution in [0.3, 0.4) is 0 Å². The molecular formula is C11H20N2O2S. The summed E-state index contributed by atoms with van der Waals surface area (Å²) in [5.74, 6) is 1.87. The first-order chi connectivity index (χ1) is 7.75. The number of carbonyl (C=O) groups is 1. The van der Waals surface area contributed by atoms with E-state index in [4.69, 9.17) is 5.11 Å². The SMILES string of the molecule is O=C(O)CN1CCN(C2CCCSC2)CC1. The highest BCUT2D eigenvalue weighted by Gasteiger charge is 2.25. The molecule has 0 amide bonds. The maximum atomic E-state index is 10.6. The smallest absolute Gasteiger partial charge is 0.317 e. The van der Waals surface area contributed by atoms with Crippen molar-refractivity contribution in [1.29, 1.82) is 0 Å². The molecule has 5 heteroatoms. The van der Waals surface area contributed by atoms with E-state index in [0.29, 0.717) is 0 Å². The Labute approximate surface area is 101 Å². The van der Waals surface area contributed by atoms with Crippen molar-refractivity contribution in [2.24, 2.45) is 0 Å². The van der Waals surface area contributed by atoms with Crippen LogP contribution in [0.25, 0.3) is 0 Å². The number of rotatable bonds is 3. The Morgan fingerprint density at radius 1 is 1.31 bits per heavy atom. The van der Waals surface area contributed by atoms with Gasteiger partial charge < -0.3 is 5.11 Å². The van der Waals surface area contributed by atoms with Gasteiger partial charge in [0.25, 0.3) is 0 Å². The van der Waals surface area contributed by atoms with Gasteiger partial charge in [0.2, 0.25) is 0 Å². The lowest BCUT2D eigenvalue weighted by Crippen LogP contribution is -2.52. The van der Waals surface area contributed by atoms with Crippen molar-refractivity contribution in [3.63, 3.8) is 0 Å². The summed E-state index contributed by atoms with van der Waals surface area (Å²) in [5.41, 5.74) is 0. The maximum absolute atomic E-state index is 10.6. The maximum Gasteiger partial charge on any atom is 0.317 e. The lowest BCUT2D eigenvalue weighted by molar-refractivity contribution is -0.138. The molecule has 0 aromatic rings. The van der Waals surface area contributed by atoms with Crippen LogP contribution < -0.4 is 0 Å². The Kier molecular flexibility index (Phi) is 4.49. The molecule has 2 rings (SSSR count). The molecule has 4 nitrogen and oxygen atoms in total. The summed E-state index contributed by atoms with van der Waals surface area (Å²) in [6, 6.07) is 0.741. The molecule has 92 valence electrons. The van der Waals surface area contributed by atoms with E-state index in [2.05, 4.69) is 16.7 Å². The van der Waals surface area contributed by atoms with Crippen LogP contribution in [-0.4, -0.2) is 71.1 Å². The molecule has 2 heterocycles. The Morgan fingerprint density at radius 3 is 2.62 bits per heavy atom. The first-order valence-electron chi connectivity index (χ1n) is 6.01. The van der Waals surface area contributed by atoms with E-state index in [1.54, 1.807) is 0 Å². The molecule has 2 fully saturated rings. The molecule has 1 unspecified atom stereocenters. The van der Waals surface area contributed by atoms with E-state index in [9.17, 15) is 4.79 Å². The van der Waals surface area contributed by atoms with Crippen LogP contribution in [0.4, 0.5) is 0 Å². The molecule has 0 aromatic heterocycles. The van der Waals surface area contributed by atoms with Crippen molar-refractivity contribution in [3.05, 3.63) is 0 Å². The summed E-state index contributed by atoms with van der Waals surface area (Å²) < 4.78 is 0. The zero-order chi connectivity index (χ0) is 11.4. The van der Waals surface area contributed by atoms with Gasteiger partial charge in [0.05, 0.1) is 6.54 Å². The van der Waals surface area contributed by atoms with Gasteiger partial charge in [-0.25, -0.2) is 0 Å². The van der Waals surface area contributed by atoms with Crippen molar-refractivity contribution in [2.75, 3.05) is 44.2 Å². The zero-order valence-corrected chi connectivity index (χ0v) is 10.4. The number of nitrogens with zero attached hydrogens (tertiary/aromatic N) is 2. The first kappa shape index (κ1) is 12.2. The van der Waals surface area contributed by atoms with Gasteiger partial charge in [0.15, 0.2) is 0 Å². The molecule has 0 saturated carbocycles.